The first kappa shape index (κ1) is 17.9. The topological polar surface area (TPSA) is 64.6 Å². The summed E-state index contributed by atoms with van der Waals surface area (Å²) in [7, 11) is 1.52. The van der Waals surface area contributed by atoms with Crippen LogP contribution in [0.3, 0.4) is 0 Å². The number of benzene rings is 2. The Morgan fingerprint density at radius 1 is 1.08 bits per heavy atom. The number of carbonyl (C=O) groups is 2. The third-order valence-corrected chi connectivity index (χ3v) is 4.13. The lowest BCUT2D eigenvalue weighted by Gasteiger charge is -2.15. The van der Waals surface area contributed by atoms with E-state index in [0.29, 0.717) is 11.4 Å². The monoisotopic (exact) mass is 345 g/mol. The molecule has 5 nitrogen and oxygen atoms in total. The number of methoxy groups -OCH3 is 1. The third kappa shape index (κ3) is 5.31. The average Bonchev–Trinajstić information content (AvgIpc) is 2.61. The summed E-state index contributed by atoms with van der Waals surface area (Å²) in [5, 5.41) is 2.69. The second-order valence-corrected chi connectivity index (χ2v) is 5.97. The van der Waals surface area contributed by atoms with E-state index < -0.39 is 18.0 Å². The standard InChI is InChI=1S/C18H19NO4S/c1-13(18(21)19-15-10-6-7-11-16(15)22-2)23-17(20)12-24-14-8-4-3-5-9-14/h3-11,13H,12H2,1-2H3,(H,19,21)/t13-/m0/s1. The van der Waals surface area contributed by atoms with Gasteiger partial charge < -0.3 is 14.8 Å². The number of esters is 1. The van der Waals surface area contributed by atoms with Crippen molar-refractivity contribution in [3.8, 4) is 5.75 Å². The number of hydrogen-bond acceptors (Lipinski definition) is 5. The predicted octanol–water partition coefficient (Wildman–Crippen LogP) is 3.36. The zero-order valence-electron chi connectivity index (χ0n) is 13.5. The first-order chi connectivity index (χ1) is 11.6. The van der Waals surface area contributed by atoms with Crippen LogP contribution in [-0.4, -0.2) is 30.8 Å². The molecule has 126 valence electrons. The van der Waals surface area contributed by atoms with E-state index in [1.165, 1.54) is 25.8 Å². The molecule has 0 aliphatic carbocycles. The summed E-state index contributed by atoms with van der Waals surface area (Å²) in [6.07, 6.45) is -0.890. The Kier molecular flexibility index (Phi) is 6.69. The second kappa shape index (κ2) is 8.98. The van der Waals surface area contributed by atoms with Gasteiger partial charge in [0, 0.05) is 4.90 Å². The fraction of sp³-hybridized carbons (Fsp3) is 0.222. The zero-order chi connectivity index (χ0) is 17.4. The number of rotatable bonds is 7. The number of carbonyl (C=O) groups excluding carboxylic acids is 2. The largest absolute Gasteiger partial charge is 0.495 e. The molecule has 0 heterocycles. The molecule has 24 heavy (non-hydrogen) atoms. The van der Waals surface area contributed by atoms with Crippen LogP contribution in [0.2, 0.25) is 0 Å². The Morgan fingerprint density at radius 2 is 1.75 bits per heavy atom. The van der Waals surface area contributed by atoms with Gasteiger partial charge in [-0.2, -0.15) is 0 Å². The van der Waals surface area contributed by atoms with Crippen LogP contribution >= 0.6 is 11.8 Å². The maximum atomic E-state index is 12.1. The molecule has 0 saturated carbocycles. The van der Waals surface area contributed by atoms with E-state index in [2.05, 4.69) is 5.32 Å². The highest BCUT2D eigenvalue weighted by Crippen LogP contribution is 2.23. The summed E-state index contributed by atoms with van der Waals surface area (Å²) in [5.74, 6) is -0.149. The molecule has 0 fully saturated rings. The minimum Gasteiger partial charge on any atom is -0.495 e. The Balaban J connectivity index is 1.83. The lowest BCUT2D eigenvalue weighted by atomic mass is 10.2. The maximum absolute atomic E-state index is 12.1. The van der Waals surface area contributed by atoms with Crippen LogP contribution in [0, 0.1) is 0 Å². The summed E-state index contributed by atoms with van der Waals surface area (Å²) in [4.78, 5) is 25.0. The Bertz CT molecular complexity index is 690. The van der Waals surface area contributed by atoms with Crippen molar-refractivity contribution in [1.82, 2.24) is 0 Å². The summed E-state index contributed by atoms with van der Waals surface area (Å²) in [6.45, 7) is 1.54. The van der Waals surface area contributed by atoms with Crippen LogP contribution in [0.1, 0.15) is 6.92 Å². The zero-order valence-corrected chi connectivity index (χ0v) is 14.3. The molecule has 0 radical (unpaired) electrons. The molecule has 0 aliphatic heterocycles. The van der Waals surface area contributed by atoms with Gasteiger partial charge in [0.1, 0.15) is 5.75 Å². The first-order valence-corrected chi connectivity index (χ1v) is 8.40. The number of para-hydroxylation sites is 2. The van der Waals surface area contributed by atoms with Crippen molar-refractivity contribution in [3.05, 3.63) is 54.6 Å². The van der Waals surface area contributed by atoms with Gasteiger partial charge in [0.25, 0.3) is 5.91 Å². The fourth-order valence-electron chi connectivity index (χ4n) is 1.93. The van der Waals surface area contributed by atoms with Crippen LogP contribution in [0.5, 0.6) is 5.75 Å². The molecule has 1 atom stereocenters. The van der Waals surface area contributed by atoms with E-state index in [-0.39, 0.29) is 5.75 Å². The van der Waals surface area contributed by atoms with Crippen molar-refractivity contribution in [1.29, 1.82) is 0 Å². The predicted molar refractivity (Wildman–Crippen MR) is 94.3 cm³/mol. The molecule has 0 bridgehead atoms. The molecule has 1 N–H and O–H groups in total. The molecule has 0 spiro atoms. The fourth-order valence-corrected chi connectivity index (χ4v) is 2.63. The summed E-state index contributed by atoms with van der Waals surface area (Å²) in [6, 6.07) is 16.6. The SMILES string of the molecule is COc1ccccc1NC(=O)[C@H](C)OC(=O)CSc1ccccc1. The van der Waals surface area contributed by atoms with E-state index in [1.807, 2.05) is 30.3 Å². The summed E-state index contributed by atoms with van der Waals surface area (Å²) < 4.78 is 10.3. The van der Waals surface area contributed by atoms with Gasteiger partial charge >= 0.3 is 5.97 Å². The number of anilines is 1. The molecule has 0 aliphatic rings. The number of thioether (sulfide) groups is 1. The number of hydrogen-bond donors (Lipinski definition) is 1. The first-order valence-electron chi connectivity index (χ1n) is 7.41. The molecular formula is C18H19NO4S. The maximum Gasteiger partial charge on any atom is 0.317 e. The van der Waals surface area contributed by atoms with E-state index in [1.54, 1.807) is 24.3 Å². The molecule has 0 unspecified atom stereocenters. The van der Waals surface area contributed by atoms with Crippen LogP contribution in [0.25, 0.3) is 0 Å². The normalized spacial score (nSPS) is 11.4. The number of nitrogens with one attached hydrogen (secondary N) is 1. The van der Waals surface area contributed by atoms with Gasteiger partial charge in [-0.25, -0.2) is 0 Å². The quantitative estimate of drug-likeness (QED) is 0.616. The lowest BCUT2D eigenvalue weighted by Crippen LogP contribution is -2.30. The van der Waals surface area contributed by atoms with Crippen molar-refractivity contribution in [3.63, 3.8) is 0 Å². The second-order valence-electron chi connectivity index (χ2n) is 4.92. The summed E-state index contributed by atoms with van der Waals surface area (Å²) in [5.41, 5.74) is 0.534. The van der Waals surface area contributed by atoms with Crippen molar-refractivity contribution < 1.29 is 19.1 Å². The smallest absolute Gasteiger partial charge is 0.317 e. The molecule has 2 aromatic rings. The molecule has 6 heteroatoms. The van der Waals surface area contributed by atoms with Crippen LogP contribution in [-0.2, 0) is 14.3 Å². The van der Waals surface area contributed by atoms with Gasteiger partial charge in [0.15, 0.2) is 6.10 Å². The molecule has 0 saturated heterocycles. The van der Waals surface area contributed by atoms with Crippen molar-refractivity contribution in [2.45, 2.75) is 17.9 Å². The number of ether oxygens (including phenoxy) is 2. The Labute approximate surface area is 145 Å². The van der Waals surface area contributed by atoms with E-state index >= 15 is 0 Å². The van der Waals surface area contributed by atoms with E-state index in [0.717, 1.165) is 4.90 Å². The van der Waals surface area contributed by atoms with E-state index in [9.17, 15) is 9.59 Å². The Morgan fingerprint density at radius 3 is 2.46 bits per heavy atom. The van der Waals surface area contributed by atoms with Crippen molar-refractivity contribution in [2.24, 2.45) is 0 Å². The highest BCUT2D eigenvalue weighted by molar-refractivity contribution is 8.00. The number of amides is 1. The van der Waals surface area contributed by atoms with Gasteiger partial charge in [-0.15, -0.1) is 11.8 Å². The van der Waals surface area contributed by atoms with Gasteiger partial charge in [0.05, 0.1) is 18.6 Å². The molecule has 1 amide bonds. The Hall–Kier alpha value is -2.47. The minimum atomic E-state index is -0.890. The van der Waals surface area contributed by atoms with Gasteiger partial charge in [0.2, 0.25) is 0 Å². The summed E-state index contributed by atoms with van der Waals surface area (Å²) >= 11 is 1.37. The van der Waals surface area contributed by atoms with E-state index in [4.69, 9.17) is 9.47 Å². The molecular weight excluding hydrogens is 326 g/mol. The third-order valence-electron chi connectivity index (χ3n) is 3.14. The van der Waals surface area contributed by atoms with Crippen LogP contribution in [0.4, 0.5) is 5.69 Å². The average molecular weight is 345 g/mol. The molecule has 2 aromatic carbocycles. The molecule has 0 aromatic heterocycles. The van der Waals surface area contributed by atoms with Crippen LogP contribution < -0.4 is 10.1 Å². The lowest BCUT2D eigenvalue weighted by molar-refractivity contribution is -0.150. The van der Waals surface area contributed by atoms with Crippen molar-refractivity contribution >= 4 is 29.3 Å². The van der Waals surface area contributed by atoms with Crippen LogP contribution in [0.15, 0.2) is 59.5 Å². The van der Waals surface area contributed by atoms with Gasteiger partial charge in [-0.05, 0) is 31.2 Å². The highest BCUT2D eigenvalue weighted by atomic mass is 32.2. The van der Waals surface area contributed by atoms with Gasteiger partial charge in [-0.1, -0.05) is 30.3 Å². The molecule has 2 rings (SSSR count). The van der Waals surface area contributed by atoms with Gasteiger partial charge in [-0.3, -0.25) is 9.59 Å². The van der Waals surface area contributed by atoms with Crippen molar-refractivity contribution in [2.75, 3.05) is 18.2 Å². The minimum absolute atomic E-state index is 0.149. The highest BCUT2D eigenvalue weighted by Gasteiger charge is 2.19.